The van der Waals surface area contributed by atoms with Gasteiger partial charge in [0.15, 0.2) is 5.82 Å². The Hall–Kier alpha value is -2.70. The van der Waals surface area contributed by atoms with Gasteiger partial charge in [-0.15, -0.1) is 0 Å². The fourth-order valence-electron chi connectivity index (χ4n) is 4.22. The third-order valence-corrected chi connectivity index (χ3v) is 6.07. The van der Waals surface area contributed by atoms with E-state index >= 15 is 0 Å². The number of rotatable bonds is 7. The topological polar surface area (TPSA) is 112 Å². The number of methoxy groups -OCH3 is 1. The van der Waals surface area contributed by atoms with Crippen LogP contribution < -0.4 is 15.5 Å². The van der Waals surface area contributed by atoms with Crippen LogP contribution in [-0.4, -0.2) is 84.8 Å². The van der Waals surface area contributed by atoms with Gasteiger partial charge >= 0.3 is 0 Å². The van der Waals surface area contributed by atoms with E-state index in [0.717, 1.165) is 6.07 Å². The van der Waals surface area contributed by atoms with E-state index < -0.39 is 6.43 Å². The van der Waals surface area contributed by atoms with Crippen molar-refractivity contribution < 1.29 is 23.0 Å². The maximum atomic E-state index is 13.9. The summed E-state index contributed by atoms with van der Waals surface area (Å²) in [5.74, 6) is 0.948. The standard InChI is InChI=1S/C22H31F2N7O3/c1-22(2)13-34-9-6-31(22)21-28-19(16-11-26-17(25)10-15(16)18(23)24)27-20(29-21)30-5-8-33-12-14(30)4-7-32-3/h10-11,14,18H,4-9,12-13H2,1-3H3,(H2,25,26)/t14-/m1/s1. The van der Waals surface area contributed by atoms with Crippen molar-refractivity contribution in [3.63, 3.8) is 0 Å². The molecule has 34 heavy (non-hydrogen) atoms. The van der Waals surface area contributed by atoms with E-state index in [1.807, 2.05) is 23.6 Å². The molecule has 0 amide bonds. The number of ether oxygens (including phenoxy) is 3. The highest BCUT2D eigenvalue weighted by molar-refractivity contribution is 5.64. The predicted molar refractivity (Wildman–Crippen MR) is 123 cm³/mol. The molecule has 2 aliphatic rings. The lowest BCUT2D eigenvalue weighted by Gasteiger charge is -2.42. The Labute approximate surface area is 197 Å². The van der Waals surface area contributed by atoms with E-state index in [9.17, 15) is 8.78 Å². The molecule has 0 unspecified atom stereocenters. The monoisotopic (exact) mass is 479 g/mol. The molecular formula is C22H31F2N7O3. The number of pyridine rings is 1. The van der Waals surface area contributed by atoms with Crippen LogP contribution in [0, 0.1) is 0 Å². The average Bonchev–Trinajstić information content (AvgIpc) is 2.82. The average molecular weight is 480 g/mol. The van der Waals surface area contributed by atoms with Crippen molar-refractivity contribution in [3.8, 4) is 11.4 Å². The summed E-state index contributed by atoms with van der Waals surface area (Å²) in [6.45, 7) is 7.73. The van der Waals surface area contributed by atoms with Crippen molar-refractivity contribution in [3.05, 3.63) is 17.8 Å². The van der Waals surface area contributed by atoms with Crippen LogP contribution >= 0.6 is 0 Å². The molecule has 0 saturated carbocycles. The van der Waals surface area contributed by atoms with Gasteiger partial charge in [-0.05, 0) is 26.3 Å². The largest absolute Gasteiger partial charge is 0.385 e. The Kier molecular flexibility index (Phi) is 7.39. The highest BCUT2D eigenvalue weighted by Crippen LogP contribution is 2.33. The number of hydrogen-bond donors (Lipinski definition) is 1. The normalized spacial score (nSPS) is 20.7. The lowest BCUT2D eigenvalue weighted by molar-refractivity contribution is 0.0633. The molecule has 10 nitrogen and oxygen atoms in total. The lowest BCUT2D eigenvalue weighted by Crippen LogP contribution is -2.54. The van der Waals surface area contributed by atoms with Crippen LogP contribution in [0.5, 0.6) is 0 Å². The number of alkyl halides is 2. The number of nitrogens with two attached hydrogens (primary N) is 1. The van der Waals surface area contributed by atoms with Gasteiger partial charge in [0.2, 0.25) is 11.9 Å². The molecule has 0 bridgehead atoms. The molecule has 2 saturated heterocycles. The number of morpholine rings is 2. The van der Waals surface area contributed by atoms with Crippen LogP contribution in [-0.2, 0) is 14.2 Å². The van der Waals surface area contributed by atoms with Crippen LogP contribution in [0.15, 0.2) is 12.3 Å². The summed E-state index contributed by atoms with van der Waals surface area (Å²) in [5, 5.41) is 0. The fraction of sp³-hybridized carbons (Fsp3) is 0.636. The van der Waals surface area contributed by atoms with E-state index in [0.29, 0.717) is 64.4 Å². The Balaban J connectivity index is 1.84. The van der Waals surface area contributed by atoms with Crippen molar-refractivity contribution in [2.24, 2.45) is 0 Å². The van der Waals surface area contributed by atoms with Crippen molar-refractivity contribution in [2.45, 2.75) is 38.3 Å². The summed E-state index contributed by atoms with van der Waals surface area (Å²) in [4.78, 5) is 22.2. The van der Waals surface area contributed by atoms with Gasteiger partial charge in [-0.1, -0.05) is 0 Å². The summed E-state index contributed by atoms with van der Waals surface area (Å²) >= 11 is 0. The summed E-state index contributed by atoms with van der Waals surface area (Å²) in [7, 11) is 1.65. The maximum Gasteiger partial charge on any atom is 0.264 e. The molecule has 2 aromatic rings. The molecule has 0 spiro atoms. The Morgan fingerprint density at radius 3 is 2.68 bits per heavy atom. The number of anilines is 3. The number of nitrogen functional groups attached to an aromatic ring is 1. The van der Waals surface area contributed by atoms with Gasteiger partial charge in [0.05, 0.1) is 38.0 Å². The van der Waals surface area contributed by atoms with Gasteiger partial charge in [0, 0.05) is 44.1 Å². The zero-order valence-corrected chi connectivity index (χ0v) is 19.7. The van der Waals surface area contributed by atoms with E-state index in [1.165, 1.54) is 6.20 Å². The SMILES string of the molecule is COCC[C@@H]1COCCN1c1nc(-c2cnc(N)cc2C(F)F)nc(N2CCOCC2(C)C)n1. The summed E-state index contributed by atoms with van der Waals surface area (Å²) < 4.78 is 44.4. The lowest BCUT2D eigenvalue weighted by atomic mass is 10.0. The van der Waals surface area contributed by atoms with E-state index in [-0.39, 0.29) is 34.3 Å². The Bertz CT molecular complexity index is 995. The minimum Gasteiger partial charge on any atom is -0.385 e. The number of aromatic nitrogens is 4. The summed E-state index contributed by atoms with van der Waals surface area (Å²) in [6.07, 6.45) is -0.755. The smallest absolute Gasteiger partial charge is 0.264 e. The van der Waals surface area contributed by atoms with Crippen LogP contribution in [0.1, 0.15) is 32.3 Å². The molecule has 0 radical (unpaired) electrons. The number of hydrogen-bond acceptors (Lipinski definition) is 10. The fourth-order valence-corrected chi connectivity index (χ4v) is 4.22. The van der Waals surface area contributed by atoms with Gasteiger partial charge in [0.1, 0.15) is 5.82 Å². The second-order valence-corrected chi connectivity index (χ2v) is 8.98. The third-order valence-electron chi connectivity index (χ3n) is 6.07. The molecule has 2 fully saturated rings. The first-order valence-electron chi connectivity index (χ1n) is 11.3. The molecule has 2 N–H and O–H groups in total. The molecule has 0 aromatic carbocycles. The number of halogens is 2. The highest BCUT2D eigenvalue weighted by Gasteiger charge is 2.35. The van der Waals surface area contributed by atoms with Gasteiger partial charge in [0.25, 0.3) is 6.43 Å². The first-order valence-corrected chi connectivity index (χ1v) is 11.3. The van der Waals surface area contributed by atoms with Gasteiger partial charge in [-0.3, -0.25) is 0 Å². The van der Waals surface area contributed by atoms with Crippen LogP contribution in [0.2, 0.25) is 0 Å². The minimum atomic E-state index is -2.76. The van der Waals surface area contributed by atoms with E-state index in [4.69, 9.17) is 24.9 Å². The molecule has 2 aromatic heterocycles. The van der Waals surface area contributed by atoms with Crippen molar-refractivity contribution in [1.82, 2.24) is 19.9 Å². The number of nitrogens with zero attached hydrogens (tertiary/aromatic N) is 6. The molecular weight excluding hydrogens is 448 g/mol. The first kappa shape index (κ1) is 24.4. The van der Waals surface area contributed by atoms with Gasteiger partial charge in [-0.2, -0.15) is 15.0 Å². The third kappa shape index (κ3) is 5.18. The zero-order valence-electron chi connectivity index (χ0n) is 19.7. The van der Waals surface area contributed by atoms with E-state index in [1.54, 1.807) is 7.11 Å². The second-order valence-electron chi connectivity index (χ2n) is 8.98. The van der Waals surface area contributed by atoms with Crippen LogP contribution in [0.4, 0.5) is 26.5 Å². The van der Waals surface area contributed by atoms with Crippen molar-refractivity contribution >= 4 is 17.7 Å². The first-order chi connectivity index (χ1) is 16.3. The maximum absolute atomic E-state index is 13.9. The highest BCUT2D eigenvalue weighted by atomic mass is 19.3. The van der Waals surface area contributed by atoms with Gasteiger partial charge < -0.3 is 29.7 Å². The molecule has 4 rings (SSSR count). The van der Waals surface area contributed by atoms with Crippen molar-refractivity contribution in [1.29, 1.82) is 0 Å². The minimum absolute atomic E-state index is 0.00988. The Morgan fingerprint density at radius 2 is 1.94 bits per heavy atom. The van der Waals surface area contributed by atoms with Gasteiger partial charge in [-0.25, -0.2) is 13.8 Å². The van der Waals surface area contributed by atoms with Crippen LogP contribution in [0.3, 0.4) is 0 Å². The van der Waals surface area contributed by atoms with E-state index in [2.05, 4.69) is 15.0 Å². The zero-order chi connectivity index (χ0) is 24.3. The predicted octanol–water partition coefficient (Wildman–Crippen LogP) is 2.31. The Morgan fingerprint density at radius 1 is 1.18 bits per heavy atom. The molecule has 1 atom stereocenters. The van der Waals surface area contributed by atoms with Crippen LogP contribution in [0.25, 0.3) is 11.4 Å². The summed E-state index contributed by atoms with van der Waals surface area (Å²) in [6, 6.07) is 1.14. The van der Waals surface area contributed by atoms with Crippen molar-refractivity contribution in [2.75, 3.05) is 68.8 Å². The molecule has 4 heterocycles. The molecule has 186 valence electrons. The molecule has 0 aliphatic carbocycles. The molecule has 2 aliphatic heterocycles. The summed E-state index contributed by atoms with van der Waals surface area (Å²) in [5.41, 5.74) is 5.15. The molecule has 12 heteroatoms. The quantitative estimate of drug-likeness (QED) is 0.635. The second kappa shape index (κ2) is 10.3.